The van der Waals surface area contributed by atoms with Gasteiger partial charge in [0.25, 0.3) is 23.6 Å². The summed E-state index contributed by atoms with van der Waals surface area (Å²) in [4.78, 5) is 87.3. The van der Waals surface area contributed by atoms with Gasteiger partial charge in [-0.15, -0.1) is 0 Å². The topological polar surface area (TPSA) is 212 Å². The number of nitrogens with zero attached hydrogens (tertiary/aromatic N) is 1. The Kier molecular flexibility index (Phi) is 12.7. The number of benzene rings is 3. The van der Waals surface area contributed by atoms with E-state index in [0.717, 1.165) is 10.5 Å². The summed E-state index contributed by atoms with van der Waals surface area (Å²) in [5, 5.41) is 19.9. The van der Waals surface area contributed by atoms with Crippen LogP contribution in [0.25, 0.3) is 0 Å². The van der Waals surface area contributed by atoms with Gasteiger partial charge in [0.1, 0.15) is 11.8 Å². The first-order chi connectivity index (χ1) is 25.2. The van der Waals surface area contributed by atoms with Crippen molar-refractivity contribution >= 4 is 47.0 Å². The molecule has 15 nitrogen and oxygen atoms in total. The molecule has 2 aliphatic rings. The molecule has 272 valence electrons. The quantitative estimate of drug-likeness (QED) is 0.0520. The summed E-state index contributed by atoms with van der Waals surface area (Å²) in [5.74, 6) is -2.66. The van der Waals surface area contributed by atoms with Crippen molar-refractivity contribution in [2.45, 2.75) is 51.0 Å². The average molecular weight is 713 g/mol. The maximum Gasteiger partial charge on any atom is 0.274 e. The van der Waals surface area contributed by atoms with Crippen LogP contribution in [0.3, 0.4) is 0 Å². The Bertz CT molecular complexity index is 1850. The molecule has 0 aliphatic carbocycles. The van der Waals surface area contributed by atoms with Crippen molar-refractivity contribution < 1.29 is 43.5 Å². The van der Waals surface area contributed by atoms with Gasteiger partial charge in [0.2, 0.25) is 17.7 Å². The SMILES string of the molecule is O=C(CCCOc1ccc(CCNC(=O)c2cccc(C(=O)NO)c2)cc1)NCCCCNc1cccc2c1C(=O)N(C1CCC(=O)NC1=O)C2=O. The van der Waals surface area contributed by atoms with Crippen LogP contribution in [-0.2, 0) is 20.8 Å². The van der Waals surface area contributed by atoms with E-state index in [-0.39, 0.29) is 41.3 Å². The lowest BCUT2D eigenvalue weighted by Gasteiger charge is -2.27. The molecule has 0 radical (unpaired) electrons. The molecule has 1 unspecified atom stereocenters. The minimum absolute atomic E-state index is 0.0534. The van der Waals surface area contributed by atoms with E-state index in [2.05, 4.69) is 21.3 Å². The third kappa shape index (κ3) is 9.37. The third-order valence-corrected chi connectivity index (χ3v) is 8.64. The first kappa shape index (κ1) is 37.2. The highest BCUT2D eigenvalue weighted by Gasteiger charge is 2.45. The van der Waals surface area contributed by atoms with Gasteiger partial charge in [-0.05, 0) is 80.1 Å². The predicted octanol–water partition coefficient (Wildman–Crippen LogP) is 2.35. The molecular weight excluding hydrogens is 672 g/mol. The molecule has 3 aromatic carbocycles. The number of hydroxylamine groups is 1. The van der Waals surface area contributed by atoms with Gasteiger partial charge >= 0.3 is 0 Å². The molecule has 7 amide bonds. The fourth-order valence-electron chi connectivity index (χ4n) is 5.92. The Balaban J connectivity index is 0.931. The van der Waals surface area contributed by atoms with Crippen molar-refractivity contribution in [2.24, 2.45) is 0 Å². The van der Waals surface area contributed by atoms with Crippen LogP contribution in [0, 0.1) is 0 Å². The van der Waals surface area contributed by atoms with Gasteiger partial charge in [-0.2, -0.15) is 0 Å². The van der Waals surface area contributed by atoms with Gasteiger partial charge in [0.15, 0.2) is 0 Å². The van der Waals surface area contributed by atoms with Crippen molar-refractivity contribution in [1.82, 2.24) is 26.3 Å². The van der Waals surface area contributed by atoms with Gasteiger partial charge in [-0.25, -0.2) is 5.48 Å². The maximum atomic E-state index is 13.2. The van der Waals surface area contributed by atoms with Crippen molar-refractivity contribution in [3.05, 3.63) is 94.5 Å². The van der Waals surface area contributed by atoms with Crippen molar-refractivity contribution in [3.63, 3.8) is 0 Å². The standard InChI is InChI=1S/C37H40N6O9/c44-30(10-5-21-52-26-13-11-23(12-14-26)17-20-40-33(46)24-6-3-7-25(22-24)34(47)42-51)39-19-2-1-18-38-28-9-4-8-27-32(28)37(50)43(36(27)49)29-15-16-31(45)41-35(29)48/h3-4,6-9,11-14,22,29,38,51H,1-2,5,10,15-21H2,(H,39,44)(H,40,46)(H,42,47)(H,41,45,48). The zero-order valence-electron chi connectivity index (χ0n) is 28.4. The zero-order valence-corrected chi connectivity index (χ0v) is 28.4. The summed E-state index contributed by atoms with van der Waals surface area (Å²) in [6, 6.07) is 17.4. The lowest BCUT2D eigenvalue weighted by atomic mass is 10.0. The van der Waals surface area contributed by atoms with E-state index in [0.29, 0.717) is 75.3 Å². The number of imide groups is 2. The zero-order chi connectivity index (χ0) is 37.0. The molecule has 6 N–H and O–H groups in total. The second-order valence-electron chi connectivity index (χ2n) is 12.3. The Hall–Kier alpha value is -6.09. The molecule has 15 heteroatoms. The van der Waals surface area contributed by atoms with Crippen molar-refractivity contribution in [2.75, 3.05) is 31.6 Å². The van der Waals surface area contributed by atoms with Crippen LogP contribution in [0.1, 0.15) is 85.5 Å². The van der Waals surface area contributed by atoms with Gasteiger partial charge in [-0.1, -0.05) is 24.3 Å². The number of nitrogens with one attached hydrogen (secondary N) is 5. The van der Waals surface area contributed by atoms with Crippen LogP contribution < -0.4 is 31.5 Å². The molecule has 1 fully saturated rings. The second-order valence-corrected chi connectivity index (χ2v) is 12.3. The highest BCUT2D eigenvalue weighted by atomic mass is 16.5. The number of unbranched alkanes of at least 4 members (excludes halogenated alkanes) is 1. The first-order valence-corrected chi connectivity index (χ1v) is 17.1. The molecule has 0 saturated carbocycles. The van der Waals surface area contributed by atoms with E-state index in [9.17, 15) is 33.6 Å². The van der Waals surface area contributed by atoms with Crippen LogP contribution in [0.4, 0.5) is 5.69 Å². The number of amides is 7. The Morgan fingerprint density at radius 1 is 0.827 bits per heavy atom. The summed E-state index contributed by atoms with van der Waals surface area (Å²) in [5.41, 5.74) is 3.92. The minimum atomic E-state index is -1.02. The molecule has 0 bridgehead atoms. The molecular formula is C37H40N6O9. The Morgan fingerprint density at radius 3 is 2.31 bits per heavy atom. The molecule has 2 aliphatic heterocycles. The molecule has 1 atom stereocenters. The van der Waals surface area contributed by atoms with Crippen LogP contribution in [0.15, 0.2) is 66.7 Å². The second kappa shape index (κ2) is 17.7. The van der Waals surface area contributed by atoms with Crippen LogP contribution in [-0.4, -0.2) is 83.7 Å². The number of piperidine rings is 1. The number of ether oxygens (including phenoxy) is 1. The predicted molar refractivity (Wildman–Crippen MR) is 187 cm³/mol. The minimum Gasteiger partial charge on any atom is -0.494 e. The number of hydrogen-bond acceptors (Lipinski definition) is 10. The number of fused-ring (bicyclic) bond motifs is 1. The highest BCUT2D eigenvalue weighted by Crippen LogP contribution is 2.32. The summed E-state index contributed by atoms with van der Waals surface area (Å²) >= 11 is 0. The number of anilines is 1. The van der Waals surface area contributed by atoms with E-state index in [4.69, 9.17) is 9.94 Å². The third-order valence-electron chi connectivity index (χ3n) is 8.64. The fraction of sp³-hybridized carbons (Fsp3) is 0.324. The lowest BCUT2D eigenvalue weighted by Crippen LogP contribution is -2.54. The number of carbonyl (C=O) groups is 7. The Morgan fingerprint density at radius 2 is 1.56 bits per heavy atom. The first-order valence-electron chi connectivity index (χ1n) is 17.1. The van der Waals surface area contributed by atoms with Gasteiger partial charge < -0.3 is 20.7 Å². The fourth-order valence-corrected chi connectivity index (χ4v) is 5.92. The summed E-state index contributed by atoms with van der Waals surface area (Å²) in [7, 11) is 0. The molecule has 0 aromatic heterocycles. The lowest BCUT2D eigenvalue weighted by molar-refractivity contribution is -0.136. The largest absolute Gasteiger partial charge is 0.494 e. The number of rotatable bonds is 17. The summed E-state index contributed by atoms with van der Waals surface area (Å²) in [6.07, 6.45) is 2.94. The summed E-state index contributed by atoms with van der Waals surface area (Å²) in [6.45, 7) is 1.72. The van der Waals surface area contributed by atoms with E-state index in [1.807, 2.05) is 24.3 Å². The molecule has 0 spiro atoms. The van der Waals surface area contributed by atoms with Crippen LogP contribution in [0.2, 0.25) is 0 Å². The monoisotopic (exact) mass is 712 g/mol. The average Bonchev–Trinajstić information content (AvgIpc) is 3.40. The van der Waals surface area contributed by atoms with E-state index in [1.54, 1.807) is 35.8 Å². The van der Waals surface area contributed by atoms with E-state index < -0.39 is 35.6 Å². The van der Waals surface area contributed by atoms with E-state index >= 15 is 0 Å². The molecule has 2 heterocycles. The van der Waals surface area contributed by atoms with E-state index in [1.165, 1.54) is 12.1 Å². The smallest absolute Gasteiger partial charge is 0.274 e. The molecule has 3 aromatic rings. The van der Waals surface area contributed by atoms with Gasteiger partial charge in [0, 0.05) is 49.3 Å². The number of carbonyl (C=O) groups excluding carboxylic acids is 7. The highest BCUT2D eigenvalue weighted by molar-refractivity contribution is 6.25. The maximum absolute atomic E-state index is 13.2. The van der Waals surface area contributed by atoms with Gasteiger partial charge in [0.05, 0.1) is 17.7 Å². The molecule has 1 saturated heterocycles. The van der Waals surface area contributed by atoms with Crippen molar-refractivity contribution in [1.29, 1.82) is 0 Å². The molecule has 52 heavy (non-hydrogen) atoms. The normalized spacial score (nSPS) is 15.1. The number of hydrogen-bond donors (Lipinski definition) is 6. The summed E-state index contributed by atoms with van der Waals surface area (Å²) < 4.78 is 5.76. The van der Waals surface area contributed by atoms with Gasteiger partial charge in [-0.3, -0.25) is 49.0 Å². The Labute approximate surface area is 299 Å². The van der Waals surface area contributed by atoms with Crippen LogP contribution in [0.5, 0.6) is 5.75 Å². The van der Waals surface area contributed by atoms with Crippen molar-refractivity contribution in [3.8, 4) is 5.75 Å². The van der Waals surface area contributed by atoms with Crippen LogP contribution >= 0.6 is 0 Å². The molecule has 5 rings (SSSR count).